The lowest BCUT2D eigenvalue weighted by Gasteiger charge is -2.14. The Kier molecular flexibility index (Phi) is 29.3. The number of aromatic nitrogens is 2. The van der Waals surface area contributed by atoms with Gasteiger partial charge < -0.3 is 52.4 Å². The van der Waals surface area contributed by atoms with Crippen LogP contribution >= 0.6 is 0 Å². The van der Waals surface area contributed by atoms with Crippen LogP contribution in [0.5, 0.6) is 5.88 Å². The first-order chi connectivity index (χ1) is 29.2. The fraction of sp³-hybridized carbons (Fsp3) is 0.659. The monoisotopic (exact) mass is 890 g/mol. The molecule has 0 spiro atoms. The number of esters is 2. The number of aryl methyl sites for hydroxylation is 1. The van der Waals surface area contributed by atoms with Gasteiger partial charge in [0.05, 0.1) is 65.4 Å². The summed E-state index contributed by atoms with van der Waals surface area (Å²) in [5.74, 6) is -0.703. The third-order valence-corrected chi connectivity index (χ3v) is 9.62. The highest BCUT2D eigenvalue weighted by Gasteiger charge is 2.30. The summed E-state index contributed by atoms with van der Waals surface area (Å²) < 4.78 is 74.7. The molecule has 19 nitrogen and oxygen atoms in total. The maximum absolute atomic E-state index is 11.9. The highest BCUT2D eigenvalue weighted by molar-refractivity contribution is 7.86. The van der Waals surface area contributed by atoms with Crippen molar-refractivity contribution >= 4 is 22.1 Å². The average molecular weight is 891 g/mol. The van der Waals surface area contributed by atoms with Crippen molar-refractivity contribution in [3.05, 3.63) is 63.8 Å². The van der Waals surface area contributed by atoms with E-state index in [1.807, 2.05) is 34.6 Å². The summed E-state index contributed by atoms with van der Waals surface area (Å²) in [6.07, 6.45) is 3.14. The molecule has 0 saturated carbocycles. The number of carbonyl (C=O) groups is 2. The zero-order chi connectivity index (χ0) is 45.5. The van der Waals surface area contributed by atoms with Gasteiger partial charge in [-0.1, -0.05) is 45.4 Å². The number of nitrogens with one attached hydrogen (secondary N) is 1. The summed E-state index contributed by atoms with van der Waals surface area (Å²) in [5.41, 5.74) is 0.635. The molecule has 348 valence electrons. The molecule has 2 heterocycles. The van der Waals surface area contributed by atoms with Gasteiger partial charge in [-0.25, -0.2) is 0 Å². The molecule has 3 N–H and O–H groups in total. The molecular weight excluding hydrogens is 825 g/mol. The number of aliphatic hydroxyl groups is 2. The molecule has 2 unspecified atom stereocenters. The van der Waals surface area contributed by atoms with Crippen LogP contribution in [-0.2, 0) is 52.3 Å². The number of aromatic amines is 1. The van der Waals surface area contributed by atoms with Crippen molar-refractivity contribution in [3.63, 3.8) is 0 Å². The minimum Gasteiger partial charge on any atom is -0.473 e. The van der Waals surface area contributed by atoms with Gasteiger partial charge in [-0.05, 0) is 61.7 Å². The summed E-state index contributed by atoms with van der Waals surface area (Å²) in [5, 5.41) is 23.2. The van der Waals surface area contributed by atoms with Crippen molar-refractivity contribution in [1.82, 2.24) is 10.3 Å². The van der Waals surface area contributed by atoms with Crippen LogP contribution in [0, 0.1) is 18.8 Å². The van der Waals surface area contributed by atoms with E-state index in [0.29, 0.717) is 70.3 Å². The van der Waals surface area contributed by atoms with E-state index in [9.17, 15) is 22.8 Å². The van der Waals surface area contributed by atoms with E-state index in [0.717, 1.165) is 31.2 Å². The highest BCUT2D eigenvalue weighted by atomic mass is 32.2. The van der Waals surface area contributed by atoms with E-state index in [1.165, 1.54) is 32.4 Å². The van der Waals surface area contributed by atoms with E-state index in [-0.39, 0.29) is 54.7 Å². The Hall–Kier alpha value is -4.15. The second-order valence-electron chi connectivity index (χ2n) is 13.9. The van der Waals surface area contributed by atoms with E-state index >= 15 is 0 Å². The molecule has 2 aromatic heterocycles. The van der Waals surface area contributed by atoms with Crippen LogP contribution in [0.25, 0.3) is 0 Å². The Morgan fingerprint density at radius 1 is 0.689 bits per heavy atom. The molecule has 0 aliphatic rings. The minimum absolute atomic E-state index is 0.0152. The van der Waals surface area contributed by atoms with Gasteiger partial charge in [0.15, 0.2) is 11.5 Å². The van der Waals surface area contributed by atoms with Crippen molar-refractivity contribution in [3.8, 4) is 5.88 Å². The Balaban J connectivity index is 0.000000475. The third-order valence-electron chi connectivity index (χ3n) is 8.30. The van der Waals surface area contributed by atoms with Crippen LogP contribution in [0.15, 0.2) is 55.1 Å². The van der Waals surface area contributed by atoms with Crippen molar-refractivity contribution in [2.24, 2.45) is 11.8 Å². The number of benzene rings is 1. The van der Waals surface area contributed by atoms with Gasteiger partial charge >= 0.3 is 11.9 Å². The van der Waals surface area contributed by atoms with Crippen LogP contribution in [0.2, 0.25) is 0 Å². The molecule has 61 heavy (non-hydrogen) atoms. The number of carbonyl (C=O) groups excluding carboxylic acids is 2. The lowest BCUT2D eigenvalue weighted by molar-refractivity contribution is -0.145. The first kappa shape index (κ1) is 54.9. The van der Waals surface area contributed by atoms with Crippen molar-refractivity contribution in [2.75, 3.05) is 93.5 Å². The molecule has 0 fully saturated rings. The molecule has 0 saturated heterocycles. The molecule has 3 rings (SSSR count). The minimum atomic E-state index is -3.72. The number of aliphatic hydroxyl groups excluding tert-OH is 2. The zero-order valence-electron chi connectivity index (χ0n) is 36.5. The van der Waals surface area contributed by atoms with Gasteiger partial charge in [0.2, 0.25) is 0 Å². The second-order valence-corrected chi connectivity index (χ2v) is 15.5. The maximum Gasteiger partial charge on any atom is 0.316 e. The van der Waals surface area contributed by atoms with Gasteiger partial charge in [0.1, 0.15) is 18.4 Å². The predicted octanol–water partition coefficient (Wildman–Crippen LogP) is 4.16. The number of unbranched alkanes of at least 4 members (excludes halogenated alkanes) is 2. The van der Waals surface area contributed by atoms with Crippen LogP contribution in [0.1, 0.15) is 82.3 Å². The van der Waals surface area contributed by atoms with Crippen molar-refractivity contribution in [2.45, 2.75) is 77.0 Å². The van der Waals surface area contributed by atoms with Crippen LogP contribution in [0.4, 0.5) is 0 Å². The molecule has 20 heteroatoms. The standard InChI is InChI=1S/C17H29NO7.C15H24O6S.C9H13NO4/c1-13(2)16(17(20)21-3)14-12-15(18-25-14)24-11-10-23-9-8-22-7-5-4-6-19;1-14-4-6-15(7-5-14)22(17,18)21-13-12-20-11-10-19-9-3-2-8-16;1-5(2)8(9(12)13-3)6-4-7(11)10-14-6/h12-13,16,19H,4-11H2,1-3H3;4-7,16H,2-3,8-13H2,1H3;4-5,8H,1-3H3,(H,10,11). The number of ether oxygens (including phenoxy) is 7. The molecule has 0 aliphatic heterocycles. The second kappa shape index (κ2) is 32.5. The number of rotatable bonds is 29. The summed E-state index contributed by atoms with van der Waals surface area (Å²) in [6.45, 7) is 13.7. The Morgan fingerprint density at radius 3 is 1.62 bits per heavy atom. The highest BCUT2D eigenvalue weighted by Crippen LogP contribution is 2.28. The van der Waals surface area contributed by atoms with Gasteiger partial charge in [-0.15, -0.1) is 0 Å². The fourth-order valence-electron chi connectivity index (χ4n) is 5.08. The smallest absolute Gasteiger partial charge is 0.316 e. The van der Waals surface area contributed by atoms with E-state index in [4.69, 9.17) is 51.9 Å². The Labute approximate surface area is 358 Å². The van der Waals surface area contributed by atoms with Gasteiger partial charge in [0.25, 0.3) is 21.6 Å². The average Bonchev–Trinajstić information content (AvgIpc) is 3.88. The largest absolute Gasteiger partial charge is 0.473 e. The third kappa shape index (κ3) is 23.6. The molecule has 0 aliphatic carbocycles. The topological polar surface area (TPSA) is 255 Å². The lowest BCUT2D eigenvalue weighted by atomic mass is 9.93. The molecule has 0 radical (unpaired) electrons. The van der Waals surface area contributed by atoms with Gasteiger partial charge in [-0.2, -0.15) is 13.6 Å². The number of hydrogen-bond donors (Lipinski definition) is 3. The SMILES string of the molecule is COC(=O)C(c1cc(=O)[nH]o1)C(C)C.COC(=O)C(c1cc(OCCOCCOCCCCO)no1)C(C)C.Cc1ccc(S(=O)(=O)OCCOCCOCCCCO)cc1. The summed E-state index contributed by atoms with van der Waals surface area (Å²) in [7, 11) is -1.07. The van der Waals surface area contributed by atoms with E-state index < -0.39 is 27.9 Å². The number of H-pyrrole nitrogens is 1. The molecular formula is C41H66N2O17S. The normalized spacial score (nSPS) is 12.2. The Bertz CT molecular complexity index is 1740. The number of methoxy groups -OCH3 is 2. The van der Waals surface area contributed by atoms with E-state index in [2.05, 4.69) is 15.1 Å². The molecule has 0 bridgehead atoms. The quantitative estimate of drug-likeness (QED) is 0.0502. The van der Waals surface area contributed by atoms with E-state index in [1.54, 1.807) is 18.2 Å². The van der Waals surface area contributed by atoms with Crippen molar-refractivity contribution in [1.29, 1.82) is 0 Å². The fourth-order valence-corrected chi connectivity index (χ4v) is 5.97. The van der Waals surface area contributed by atoms with Crippen LogP contribution in [0.3, 0.4) is 0 Å². The van der Waals surface area contributed by atoms with Crippen LogP contribution in [-0.4, -0.2) is 134 Å². The van der Waals surface area contributed by atoms with Gasteiger partial charge in [0, 0.05) is 38.6 Å². The van der Waals surface area contributed by atoms with Crippen LogP contribution < -0.4 is 10.3 Å². The first-order valence-electron chi connectivity index (χ1n) is 20.1. The molecule has 2 atom stereocenters. The summed E-state index contributed by atoms with van der Waals surface area (Å²) in [6, 6.07) is 9.35. The van der Waals surface area contributed by atoms with Crippen molar-refractivity contribution < 1.29 is 74.6 Å². The number of hydrogen-bond acceptors (Lipinski definition) is 18. The maximum atomic E-state index is 11.9. The number of nitrogens with zero attached hydrogens (tertiary/aromatic N) is 1. The molecule has 3 aromatic rings. The summed E-state index contributed by atoms with van der Waals surface area (Å²) in [4.78, 5) is 34.1. The lowest BCUT2D eigenvalue weighted by Crippen LogP contribution is -2.19. The first-order valence-corrected chi connectivity index (χ1v) is 21.5. The molecule has 0 amide bonds. The van der Waals surface area contributed by atoms with Gasteiger partial charge in [-0.3, -0.25) is 18.6 Å². The summed E-state index contributed by atoms with van der Waals surface area (Å²) >= 11 is 0. The molecule has 1 aromatic carbocycles. The zero-order valence-corrected chi connectivity index (χ0v) is 37.3. The predicted molar refractivity (Wildman–Crippen MR) is 221 cm³/mol. The Morgan fingerprint density at radius 2 is 1.16 bits per heavy atom.